The minimum absolute atomic E-state index is 0.110. The highest BCUT2D eigenvalue weighted by atomic mass is 16.5. The zero-order chi connectivity index (χ0) is 12.3. The van der Waals surface area contributed by atoms with Crippen molar-refractivity contribution in [3.05, 3.63) is 0 Å². The summed E-state index contributed by atoms with van der Waals surface area (Å²) in [5, 5.41) is 3.52. The predicted molar refractivity (Wildman–Crippen MR) is 69.8 cm³/mol. The smallest absolute Gasteiger partial charge is 0.0705 e. The molecule has 0 aliphatic carbocycles. The van der Waals surface area contributed by atoms with E-state index in [9.17, 15) is 0 Å². The first-order valence-corrected chi connectivity index (χ1v) is 6.62. The van der Waals surface area contributed by atoms with E-state index in [-0.39, 0.29) is 5.41 Å². The lowest BCUT2D eigenvalue weighted by Gasteiger charge is -2.31. The fourth-order valence-electron chi connectivity index (χ4n) is 2.35. The molecule has 2 rings (SSSR count). The van der Waals surface area contributed by atoms with E-state index in [0.29, 0.717) is 12.1 Å². The summed E-state index contributed by atoms with van der Waals surface area (Å²) in [7, 11) is 0. The van der Waals surface area contributed by atoms with Gasteiger partial charge in [0, 0.05) is 31.1 Å². The first-order valence-electron chi connectivity index (χ1n) is 6.62. The van der Waals surface area contributed by atoms with E-state index in [1.54, 1.807) is 0 Å². The van der Waals surface area contributed by atoms with Crippen LogP contribution in [-0.4, -0.2) is 49.8 Å². The Bertz CT molecular complexity index is 304. The Hall–Kier alpha value is -0.560. The lowest BCUT2D eigenvalue weighted by atomic mass is 9.97. The SMILES string of the molecule is CC(C)(C)C#C[C@@H]1C[C@H](N2CCOCC2)CN1. The molecular formula is C14H24N2O. The summed E-state index contributed by atoms with van der Waals surface area (Å²) in [5.41, 5.74) is 0.110. The maximum Gasteiger partial charge on any atom is 0.0705 e. The first-order chi connectivity index (χ1) is 8.04. The number of ether oxygens (including phenoxy) is 1. The summed E-state index contributed by atoms with van der Waals surface area (Å²) in [6, 6.07) is 1.03. The molecule has 0 bridgehead atoms. The molecule has 0 amide bonds. The van der Waals surface area contributed by atoms with Gasteiger partial charge >= 0.3 is 0 Å². The highest BCUT2D eigenvalue weighted by Crippen LogP contribution is 2.16. The summed E-state index contributed by atoms with van der Waals surface area (Å²) < 4.78 is 5.39. The topological polar surface area (TPSA) is 24.5 Å². The van der Waals surface area contributed by atoms with Gasteiger partial charge in [-0.2, -0.15) is 0 Å². The monoisotopic (exact) mass is 236 g/mol. The number of hydrogen-bond acceptors (Lipinski definition) is 3. The van der Waals surface area contributed by atoms with Crippen molar-refractivity contribution in [2.75, 3.05) is 32.8 Å². The Kier molecular flexibility index (Phi) is 4.09. The molecule has 0 aromatic carbocycles. The lowest BCUT2D eigenvalue weighted by Crippen LogP contribution is -2.44. The van der Waals surface area contributed by atoms with E-state index in [0.717, 1.165) is 39.3 Å². The second kappa shape index (κ2) is 5.39. The molecule has 2 heterocycles. The second-order valence-corrected chi connectivity index (χ2v) is 6.02. The molecule has 2 atom stereocenters. The number of morpholine rings is 1. The van der Waals surface area contributed by atoms with Gasteiger partial charge in [0.2, 0.25) is 0 Å². The lowest BCUT2D eigenvalue weighted by molar-refractivity contribution is 0.0203. The zero-order valence-electron chi connectivity index (χ0n) is 11.3. The van der Waals surface area contributed by atoms with E-state index < -0.39 is 0 Å². The van der Waals surface area contributed by atoms with Crippen LogP contribution in [0.1, 0.15) is 27.2 Å². The van der Waals surface area contributed by atoms with Crippen LogP contribution in [0.2, 0.25) is 0 Å². The average molecular weight is 236 g/mol. The molecule has 0 aromatic rings. The summed E-state index contributed by atoms with van der Waals surface area (Å²) in [4.78, 5) is 2.54. The van der Waals surface area contributed by atoms with Crippen LogP contribution in [0.5, 0.6) is 0 Å². The largest absolute Gasteiger partial charge is 0.379 e. The molecule has 1 N–H and O–H groups in total. The number of rotatable bonds is 1. The van der Waals surface area contributed by atoms with Crippen molar-refractivity contribution in [2.24, 2.45) is 5.41 Å². The van der Waals surface area contributed by atoms with Crippen LogP contribution in [0.25, 0.3) is 0 Å². The number of nitrogens with zero attached hydrogens (tertiary/aromatic N) is 1. The Morgan fingerprint density at radius 3 is 2.59 bits per heavy atom. The molecule has 0 unspecified atom stereocenters. The third-order valence-electron chi connectivity index (χ3n) is 3.29. The molecule has 3 heteroatoms. The molecule has 2 aliphatic heterocycles. The normalized spacial score (nSPS) is 31.0. The summed E-state index contributed by atoms with van der Waals surface area (Å²) >= 11 is 0. The number of nitrogens with one attached hydrogen (secondary N) is 1. The molecule has 0 spiro atoms. The van der Waals surface area contributed by atoms with E-state index in [1.807, 2.05) is 0 Å². The predicted octanol–water partition coefficient (Wildman–Crippen LogP) is 1.10. The van der Waals surface area contributed by atoms with Crippen molar-refractivity contribution < 1.29 is 4.74 Å². The summed E-state index contributed by atoms with van der Waals surface area (Å²) in [6.07, 6.45) is 1.16. The maximum absolute atomic E-state index is 5.39. The van der Waals surface area contributed by atoms with Gasteiger partial charge in [0.05, 0.1) is 19.3 Å². The molecule has 17 heavy (non-hydrogen) atoms. The molecule has 2 saturated heterocycles. The Balaban J connectivity index is 1.84. The van der Waals surface area contributed by atoms with Gasteiger partial charge in [0.1, 0.15) is 0 Å². The molecule has 96 valence electrons. The molecule has 2 aliphatic rings. The van der Waals surface area contributed by atoms with Crippen molar-refractivity contribution in [3.63, 3.8) is 0 Å². The van der Waals surface area contributed by atoms with Crippen LogP contribution in [-0.2, 0) is 4.74 Å². The molecule has 0 aromatic heterocycles. The standard InChI is InChI=1S/C14H24N2O/c1-14(2,3)5-4-12-10-13(11-15-12)16-6-8-17-9-7-16/h12-13,15H,6-11H2,1-3H3/t12-,13+/m1/s1. The molecule has 3 nitrogen and oxygen atoms in total. The van der Waals surface area contributed by atoms with Crippen molar-refractivity contribution in [2.45, 2.75) is 39.3 Å². The van der Waals surface area contributed by atoms with E-state index in [1.165, 1.54) is 0 Å². The minimum Gasteiger partial charge on any atom is -0.379 e. The van der Waals surface area contributed by atoms with Crippen LogP contribution < -0.4 is 5.32 Å². The van der Waals surface area contributed by atoms with E-state index >= 15 is 0 Å². The van der Waals surface area contributed by atoms with Gasteiger partial charge < -0.3 is 10.1 Å². The van der Waals surface area contributed by atoms with Crippen molar-refractivity contribution in [1.82, 2.24) is 10.2 Å². The Morgan fingerprint density at radius 1 is 1.24 bits per heavy atom. The van der Waals surface area contributed by atoms with Gasteiger partial charge in [-0.1, -0.05) is 11.8 Å². The Morgan fingerprint density at radius 2 is 1.94 bits per heavy atom. The van der Waals surface area contributed by atoms with Gasteiger partial charge in [-0.25, -0.2) is 0 Å². The quantitative estimate of drug-likeness (QED) is 0.690. The van der Waals surface area contributed by atoms with Crippen molar-refractivity contribution in [1.29, 1.82) is 0 Å². The zero-order valence-corrected chi connectivity index (χ0v) is 11.3. The Labute approximate surface area is 105 Å². The molecule has 0 radical (unpaired) electrons. The highest BCUT2D eigenvalue weighted by molar-refractivity contribution is 5.15. The van der Waals surface area contributed by atoms with E-state index in [2.05, 4.69) is 42.8 Å². The molecular weight excluding hydrogens is 212 g/mol. The van der Waals surface area contributed by atoms with Crippen LogP contribution in [0, 0.1) is 17.3 Å². The first kappa shape index (κ1) is 12.9. The fourth-order valence-corrected chi connectivity index (χ4v) is 2.35. The average Bonchev–Trinajstić information content (AvgIpc) is 2.75. The van der Waals surface area contributed by atoms with Gasteiger partial charge in [-0.05, 0) is 27.2 Å². The van der Waals surface area contributed by atoms with Crippen molar-refractivity contribution >= 4 is 0 Å². The third kappa shape index (κ3) is 3.99. The van der Waals surface area contributed by atoms with Crippen LogP contribution in [0.3, 0.4) is 0 Å². The van der Waals surface area contributed by atoms with Crippen LogP contribution >= 0.6 is 0 Å². The van der Waals surface area contributed by atoms with Gasteiger partial charge in [-0.3, -0.25) is 4.90 Å². The second-order valence-electron chi connectivity index (χ2n) is 6.02. The summed E-state index contributed by atoms with van der Waals surface area (Å²) in [5.74, 6) is 6.70. The van der Waals surface area contributed by atoms with Crippen molar-refractivity contribution in [3.8, 4) is 11.8 Å². The highest BCUT2D eigenvalue weighted by Gasteiger charge is 2.28. The summed E-state index contributed by atoms with van der Waals surface area (Å²) in [6.45, 7) is 11.5. The van der Waals surface area contributed by atoms with Gasteiger partial charge in [-0.15, -0.1) is 0 Å². The van der Waals surface area contributed by atoms with Gasteiger partial charge in [0.25, 0.3) is 0 Å². The maximum atomic E-state index is 5.39. The van der Waals surface area contributed by atoms with Gasteiger partial charge in [0.15, 0.2) is 0 Å². The molecule has 2 fully saturated rings. The fraction of sp³-hybridized carbons (Fsp3) is 0.857. The number of hydrogen-bond donors (Lipinski definition) is 1. The third-order valence-corrected chi connectivity index (χ3v) is 3.29. The van der Waals surface area contributed by atoms with E-state index in [4.69, 9.17) is 4.74 Å². The van der Waals surface area contributed by atoms with Crippen LogP contribution in [0.4, 0.5) is 0 Å². The molecule has 0 saturated carbocycles. The minimum atomic E-state index is 0.110. The van der Waals surface area contributed by atoms with Crippen LogP contribution in [0.15, 0.2) is 0 Å².